The van der Waals surface area contributed by atoms with Gasteiger partial charge in [-0.1, -0.05) is 23.8 Å². The number of aryl methyl sites for hydroxylation is 2. The van der Waals surface area contributed by atoms with E-state index in [0.29, 0.717) is 35.0 Å². The van der Waals surface area contributed by atoms with Crippen molar-refractivity contribution < 1.29 is 14.3 Å². The molecule has 0 aliphatic carbocycles. The number of ether oxygens (including phenoxy) is 1. The van der Waals surface area contributed by atoms with Crippen LogP contribution >= 0.6 is 0 Å². The molecule has 4 rings (SSSR count). The molecule has 0 saturated carbocycles. The highest BCUT2D eigenvalue weighted by molar-refractivity contribution is 6.07. The van der Waals surface area contributed by atoms with E-state index >= 15 is 0 Å². The number of nitrogens with one attached hydrogen (secondary N) is 1. The van der Waals surface area contributed by atoms with Crippen molar-refractivity contribution in [3.05, 3.63) is 82.5 Å². The fourth-order valence-corrected chi connectivity index (χ4v) is 3.20. The maximum absolute atomic E-state index is 12.8. The van der Waals surface area contributed by atoms with Crippen LogP contribution in [0.4, 0.5) is 5.82 Å². The number of amides is 2. The Morgan fingerprint density at radius 2 is 1.79 bits per heavy atom. The van der Waals surface area contributed by atoms with Crippen molar-refractivity contribution in [2.75, 3.05) is 12.4 Å². The van der Waals surface area contributed by atoms with Crippen molar-refractivity contribution in [1.82, 2.24) is 9.88 Å². The predicted octanol–water partition coefficient (Wildman–Crippen LogP) is 4.33. The predicted molar refractivity (Wildman–Crippen MR) is 110 cm³/mol. The Hall–Kier alpha value is -3.67. The minimum absolute atomic E-state index is 0.128. The molecule has 2 aromatic carbocycles. The van der Waals surface area contributed by atoms with E-state index in [1.165, 1.54) is 0 Å². The lowest BCUT2D eigenvalue weighted by Gasteiger charge is -2.12. The van der Waals surface area contributed by atoms with Crippen LogP contribution in [-0.2, 0) is 6.54 Å². The van der Waals surface area contributed by atoms with E-state index in [-0.39, 0.29) is 11.8 Å². The van der Waals surface area contributed by atoms with Crippen molar-refractivity contribution in [3.63, 3.8) is 0 Å². The summed E-state index contributed by atoms with van der Waals surface area (Å²) in [6, 6.07) is 14.5. The lowest BCUT2D eigenvalue weighted by molar-refractivity contribution is 0.0816. The SMILES string of the molecule is Cc1ccc(Oc2cc(C(=O)Nc3ccc(C)cn3)cc3c2CN(C)C3=O)cc1. The van der Waals surface area contributed by atoms with Gasteiger partial charge in [-0.05, 0) is 49.7 Å². The van der Waals surface area contributed by atoms with Crippen molar-refractivity contribution in [1.29, 1.82) is 0 Å². The van der Waals surface area contributed by atoms with Crippen molar-refractivity contribution in [3.8, 4) is 11.5 Å². The van der Waals surface area contributed by atoms with Crippen LogP contribution in [0.25, 0.3) is 0 Å². The third-order valence-electron chi connectivity index (χ3n) is 4.85. The van der Waals surface area contributed by atoms with Gasteiger partial charge in [0.15, 0.2) is 0 Å². The molecule has 2 amide bonds. The molecule has 0 saturated heterocycles. The van der Waals surface area contributed by atoms with Gasteiger partial charge in [0, 0.05) is 29.9 Å². The summed E-state index contributed by atoms with van der Waals surface area (Å²) in [5.41, 5.74) is 3.73. The Bertz CT molecular complexity index is 1090. The number of carbonyl (C=O) groups is 2. The van der Waals surface area contributed by atoms with Gasteiger partial charge >= 0.3 is 0 Å². The number of nitrogens with zero attached hydrogens (tertiary/aromatic N) is 2. The van der Waals surface area contributed by atoms with E-state index in [0.717, 1.165) is 16.7 Å². The average molecular weight is 387 g/mol. The third-order valence-corrected chi connectivity index (χ3v) is 4.85. The highest BCUT2D eigenvalue weighted by Gasteiger charge is 2.29. The standard InChI is InChI=1S/C23H21N3O3/c1-14-4-7-17(8-5-14)29-20-11-16(10-18-19(20)13-26(3)23(18)28)22(27)25-21-9-6-15(2)12-24-21/h4-12H,13H2,1-3H3,(H,24,25,27). The van der Waals surface area contributed by atoms with Crippen LogP contribution in [0.15, 0.2) is 54.7 Å². The maximum Gasteiger partial charge on any atom is 0.256 e. The number of benzene rings is 2. The van der Waals surface area contributed by atoms with Crippen molar-refractivity contribution >= 4 is 17.6 Å². The second-order valence-electron chi connectivity index (χ2n) is 7.25. The van der Waals surface area contributed by atoms with Crippen LogP contribution in [-0.4, -0.2) is 28.7 Å². The summed E-state index contributed by atoms with van der Waals surface area (Å²) in [4.78, 5) is 31.2. The zero-order chi connectivity index (χ0) is 20.5. The zero-order valence-electron chi connectivity index (χ0n) is 16.5. The van der Waals surface area contributed by atoms with Crippen LogP contribution in [0.1, 0.15) is 37.4 Å². The molecule has 6 nitrogen and oxygen atoms in total. The first-order chi connectivity index (χ1) is 13.9. The molecule has 0 unspecified atom stereocenters. The highest BCUT2D eigenvalue weighted by atomic mass is 16.5. The number of pyridine rings is 1. The summed E-state index contributed by atoms with van der Waals surface area (Å²) in [6.45, 7) is 4.37. The maximum atomic E-state index is 12.8. The van der Waals surface area contributed by atoms with Crippen molar-refractivity contribution in [2.45, 2.75) is 20.4 Å². The first kappa shape index (κ1) is 18.7. The van der Waals surface area contributed by atoms with E-state index in [2.05, 4.69) is 10.3 Å². The molecule has 1 aliphatic rings. The van der Waals surface area contributed by atoms with Crippen molar-refractivity contribution in [2.24, 2.45) is 0 Å². The van der Waals surface area contributed by atoms with Crippen LogP contribution in [0, 0.1) is 13.8 Å². The molecule has 0 radical (unpaired) electrons. The Kier molecular flexibility index (Phi) is 4.76. The number of carbonyl (C=O) groups excluding carboxylic acids is 2. The first-order valence-corrected chi connectivity index (χ1v) is 9.31. The van der Waals surface area contributed by atoms with Gasteiger partial charge in [-0.3, -0.25) is 9.59 Å². The Labute approximate surface area is 169 Å². The third kappa shape index (κ3) is 3.82. The van der Waals surface area contributed by atoms with Gasteiger partial charge in [-0.2, -0.15) is 0 Å². The fourth-order valence-electron chi connectivity index (χ4n) is 3.20. The minimum atomic E-state index is -0.347. The molecule has 1 aromatic heterocycles. The monoisotopic (exact) mass is 387 g/mol. The van der Waals surface area contributed by atoms with Crippen LogP contribution in [0.3, 0.4) is 0 Å². The summed E-state index contributed by atoms with van der Waals surface area (Å²) in [5.74, 6) is 1.13. The number of rotatable bonds is 4. The van der Waals surface area contributed by atoms with Gasteiger partial charge in [-0.15, -0.1) is 0 Å². The van der Waals surface area contributed by atoms with E-state index in [4.69, 9.17) is 4.74 Å². The van der Waals surface area contributed by atoms with Gasteiger partial charge in [0.05, 0.1) is 6.54 Å². The molecule has 0 bridgehead atoms. The molecule has 0 fully saturated rings. The van der Waals surface area contributed by atoms with Gasteiger partial charge in [-0.25, -0.2) is 4.98 Å². The van der Waals surface area contributed by atoms with E-state index in [9.17, 15) is 9.59 Å². The van der Waals surface area contributed by atoms with E-state index in [1.807, 2.05) is 44.2 Å². The number of hydrogen-bond acceptors (Lipinski definition) is 4. The van der Waals surface area contributed by atoms with Crippen LogP contribution in [0.5, 0.6) is 11.5 Å². The van der Waals surface area contributed by atoms with Crippen LogP contribution < -0.4 is 10.1 Å². The Morgan fingerprint density at radius 3 is 2.48 bits per heavy atom. The molecule has 2 heterocycles. The summed E-state index contributed by atoms with van der Waals surface area (Å²) >= 11 is 0. The van der Waals surface area contributed by atoms with Gasteiger partial charge in [0.25, 0.3) is 11.8 Å². The summed E-state index contributed by atoms with van der Waals surface area (Å²) in [5, 5.41) is 2.77. The molecule has 0 spiro atoms. The number of hydrogen-bond donors (Lipinski definition) is 1. The zero-order valence-corrected chi connectivity index (χ0v) is 16.5. The molecule has 0 atom stereocenters. The highest BCUT2D eigenvalue weighted by Crippen LogP contribution is 2.35. The van der Waals surface area contributed by atoms with E-state index in [1.54, 1.807) is 36.3 Å². The Morgan fingerprint density at radius 1 is 1.07 bits per heavy atom. The molecule has 1 aliphatic heterocycles. The average Bonchev–Trinajstić information content (AvgIpc) is 3.00. The molecule has 3 aromatic rings. The number of aromatic nitrogens is 1. The molecular weight excluding hydrogens is 366 g/mol. The molecular formula is C23H21N3O3. The van der Waals surface area contributed by atoms with Gasteiger partial charge < -0.3 is 15.0 Å². The summed E-state index contributed by atoms with van der Waals surface area (Å²) < 4.78 is 6.06. The summed E-state index contributed by atoms with van der Waals surface area (Å²) in [7, 11) is 1.73. The second kappa shape index (κ2) is 7.39. The molecule has 1 N–H and O–H groups in total. The summed E-state index contributed by atoms with van der Waals surface area (Å²) in [6.07, 6.45) is 1.68. The van der Waals surface area contributed by atoms with Gasteiger partial charge in [0.1, 0.15) is 17.3 Å². The molecule has 6 heteroatoms. The second-order valence-corrected chi connectivity index (χ2v) is 7.25. The van der Waals surface area contributed by atoms with Crippen LogP contribution in [0.2, 0.25) is 0 Å². The Balaban J connectivity index is 1.69. The lowest BCUT2D eigenvalue weighted by Crippen LogP contribution is -2.18. The largest absolute Gasteiger partial charge is 0.457 e. The molecule has 146 valence electrons. The molecule has 29 heavy (non-hydrogen) atoms. The lowest BCUT2D eigenvalue weighted by atomic mass is 10.0. The number of anilines is 1. The first-order valence-electron chi connectivity index (χ1n) is 9.31. The smallest absolute Gasteiger partial charge is 0.256 e. The van der Waals surface area contributed by atoms with E-state index < -0.39 is 0 Å². The topological polar surface area (TPSA) is 71.5 Å². The quantitative estimate of drug-likeness (QED) is 0.723. The minimum Gasteiger partial charge on any atom is -0.457 e. The number of fused-ring (bicyclic) bond motifs is 1. The normalized spacial score (nSPS) is 12.7. The van der Waals surface area contributed by atoms with Gasteiger partial charge in [0.2, 0.25) is 0 Å². The fraction of sp³-hybridized carbons (Fsp3) is 0.174.